The van der Waals surface area contributed by atoms with E-state index in [1.165, 1.54) is 0 Å². The quantitative estimate of drug-likeness (QED) is 0.742. The number of nitrogens with one attached hydrogen (secondary N) is 2. The van der Waals surface area contributed by atoms with Crippen molar-refractivity contribution in [3.63, 3.8) is 0 Å². The fourth-order valence-corrected chi connectivity index (χ4v) is 2.45. The van der Waals surface area contributed by atoms with Gasteiger partial charge in [-0.25, -0.2) is 0 Å². The number of rotatable bonds is 6. The molecule has 0 spiro atoms. The molecule has 0 heterocycles. The number of Topliss-reactive ketones (excluding diaryl/α,β-unsaturated/α-hetero) is 1. The van der Waals surface area contributed by atoms with Crippen LogP contribution in [0.5, 0.6) is 0 Å². The first-order valence-electron chi connectivity index (χ1n) is 7.45. The van der Waals surface area contributed by atoms with Crippen LogP contribution in [0.15, 0.2) is 28.7 Å². The average Bonchev–Trinajstić information content (AvgIpc) is 2.42. The van der Waals surface area contributed by atoms with E-state index < -0.39 is 6.04 Å². The molecular weight excluding hydrogens is 360 g/mol. The maximum atomic E-state index is 12.1. The number of carbonyl (C=O) groups is 3. The standard InChI is InChI=1S/C17H23BrN2O3/c1-11(20-15(22)9-17(2,3)4)16(23)19-10-14(21)12-7-5-6-8-13(12)18/h5-8,11H,9-10H2,1-4H3,(H,19,23)(H,20,22). The molecule has 0 aliphatic heterocycles. The number of benzene rings is 1. The van der Waals surface area contributed by atoms with Crippen molar-refractivity contribution in [1.29, 1.82) is 0 Å². The third-order valence-corrected chi connectivity index (χ3v) is 3.75. The van der Waals surface area contributed by atoms with E-state index in [2.05, 4.69) is 26.6 Å². The van der Waals surface area contributed by atoms with Gasteiger partial charge in [-0.05, 0) is 18.4 Å². The molecule has 1 aromatic carbocycles. The van der Waals surface area contributed by atoms with Crippen molar-refractivity contribution in [2.45, 2.75) is 40.2 Å². The summed E-state index contributed by atoms with van der Waals surface area (Å²) in [7, 11) is 0. The molecule has 0 bridgehead atoms. The van der Waals surface area contributed by atoms with Crippen LogP contribution in [0.4, 0.5) is 0 Å². The van der Waals surface area contributed by atoms with Crippen LogP contribution in [-0.4, -0.2) is 30.2 Å². The molecule has 0 saturated carbocycles. The van der Waals surface area contributed by atoms with Crippen LogP contribution in [0.1, 0.15) is 44.5 Å². The highest BCUT2D eigenvalue weighted by Crippen LogP contribution is 2.18. The highest BCUT2D eigenvalue weighted by molar-refractivity contribution is 9.10. The van der Waals surface area contributed by atoms with Crippen molar-refractivity contribution < 1.29 is 14.4 Å². The van der Waals surface area contributed by atoms with Gasteiger partial charge in [0.05, 0.1) is 6.54 Å². The summed E-state index contributed by atoms with van der Waals surface area (Å²) in [6.45, 7) is 7.34. The third-order valence-electron chi connectivity index (χ3n) is 3.06. The minimum Gasteiger partial charge on any atom is -0.347 e. The number of halogens is 1. The predicted octanol–water partition coefficient (Wildman–Crippen LogP) is 2.69. The van der Waals surface area contributed by atoms with Crippen molar-refractivity contribution in [3.05, 3.63) is 34.3 Å². The van der Waals surface area contributed by atoms with Crippen molar-refractivity contribution in [3.8, 4) is 0 Å². The number of amides is 2. The normalized spacial score (nSPS) is 12.4. The van der Waals surface area contributed by atoms with Crippen LogP contribution < -0.4 is 10.6 Å². The lowest BCUT2D eigenvalue weighted by Crippen LogP contribution is -2.46. The largest absolute Gasteiger partial charge is 0.347 e. The first-order chi connectivity index (χ1) is 10.6. The van der Waals surface area contributed by atoms with Gasteiger partial charge in [0.1, 0.15) is 6.04 Å². The van der Waals surface area contributed by atoms with Crippen LogP contribution in [-0.2, 0) is 9.59 Å². The summed E-state index contributed by atoms with van der Waals surface area (Å²) in [5.41, 5.74) is 0.368. The Balaban J connectivity index is 2.48. The lowest BCUT2D eigenvalue weighted by Gasteiger charge is -2.19. The molecule has 2 amide bonds. The Kier molecular flexibility index (Phi) is 6.94. The smallest absolute Gasteiger partial charge is 0.242 e. The number of hydrogen-bond donors (Lipinski definition) is 2. The van der Waals surface area contributed by atoms with Crippen molar-refractivity contribution >= 4 is 33.5 Å². The van der Waals surface area contributed by atoms with E-state index in [9.17, 15) is 14.4 Å². The molecule has 1 rings (SSSR count). The molecule has 1 unspecified atom stereocenters. The first kappa shape index (κ1) is 19.4. The summed E-state index contributed by atoms with van der Waals surface area (Å²) in [5, 5.41) is 5.19. The molecule has 1 aromatic rings. The second-order valence-corrected chi connectivity index (χ2v) is 7.50. The van der Waals surface area contributed by atoms with E-state index in [1.54, 1.807) is 25.1 Å². The summed E-state index contributed by atoms with van der Waals surface area (Å²) in [6, 6.07) is 6.34. The van der Waals surface area contributed by atoms with Gasteiger partial charge in [-0.2, -0.15) is 0 Å². The minimum atomic E-state index is -0.683. The fraction of sp³-hybridized carbons (Fsp3) is 0.471. The number of ketones is 1. The van der Waals surface area contributed by atoms with Crippen LogP contribution in [0, 0.1) is 5.41 Å². The zero-order valence-corrected chi connectivity index (χ0v) is 15.5. The molecule has 23 heavy (non-hydrogen) atoms. The second-order valence-electron chi connectivity index (χ2n) is 6.65. The molecule has 5 nitrogen and oxygen atoms in total. The summed E-state index contributed by atoms with van der Waals surface area (Å²) in [5.74, 6) is -0.760. The topological polar surface area (TPSA) is 75.3 Å². The maximum Gasteiger partial charge on any atom is 0.242 e. The van der Waals surface area contributed by atoms with Crippen molar-refractivity contribution in [2.75, 3.05) is 6.54 Å². The van der Waals surface area contributed by atoms with Gasteiger partial charge in [-0.1, -0.05) is 54.9 Å². The summed E-state index contributed by atoms with van der Waals surface area (Å²) in [4.78, 5) is 35.9. The SMILES string of the molecule is CC(NC(=O)CC(C)(C)C)C(=O)NCC(=O)c1ccccc1Br. The van der Waals surface area contributed by atoms with Crippen LogP contribution in [0.25, 0.3) is 0 Å². The lowest BCUT2D eigenvalue weighted by molar-refractivity contribution is -0.129. The van der Waals surface area contributed by atoms with Gasteiger partial charge < -0.3 is 10.6 Å². The van der Waals surface area contributed by atoms with E-state index in [-0.39, 0.29) is 29.6 Å². The molecule has 0 aliphatic carbocycles. The minimum absolute atomic E-state index is 0.110. The van der Waals surface area contributed by atoms with E-state index in [4.69, 9.17) is 0 Å². The van der Waals surface area contributed by atoms with Crippen LogP contribution >= 0.6 is 15.9 Å². The summed E-state index contributed by atoms with van der Waals surface area (Å²) < 4.78 is 0.686. The Hall–Kier alpha value is -1.69. The molecule has 0 aromatic heterocycles. The Bertz CT molecular complexity index is 594. The highest BCUT2D eigenvalue weighted by atomic mass is 79.9. The second kappa shape index (κ2) is 8.24. The molecule has 6 heteroatoms. The Morgan fingerprint density at radius 1 is 1.17 bits per heavy atom. The van der Waals surface area contributed by atoms with Gasteiger partial charge in [0.2, 0.25) is 11.8 Å². The number of carbonyl (C=O) groups excluding carboxylic acids is 3. The molecular formula is C17H23BrN2O3. The Labute approximate surface area is 145 Å². The molecule has 1 atom stereocenters. The van der Waals surface area contributed by atoms with Gasteiger partial charge in [0.25, 0.3) is 0 Å². The average molecular weight is 383 g/mol. The fourth-order valence-electron chi connectivity index (χ4n) is 1.94. The van der Waals surface area contributed by atoms with Gasteiger partial charge in [0.15, 0.2) is 5.78 Å². The first-order valence-corrected chi connectivity index (χ1v) is 8.24. The monoisotopic (exact) mass is 382 g/mol. The molecule has 0 fully saturated rings. The molecule has 0 aliphatic rings. The van der Waals surface area contributed by atoms with E-state index >= 15 is 0 Å². The summed E-state index contributed by atoms with van der Waals surface area (Å²) in [6.07, 6.45) is 0.334. The lowest BCUT2D eigenvalue weighted by atomic mass is 9.92. The molecule has 2 N–H and O–H groups in total. The maximum absolute atomic E-state index is 12.1. The molecule has 0 saturated heterocycles. The number of hydrogen-bond acceptors (Lipinski definition) is 3. The van der Waals surface area contributed by atoms with E-state index in [0.29, 0.717) is 16.5 Å². The third kappa shape index (κ3) is 6.95. The Morgan fingerprint density at radius 2 is 1.78 bits per heavy atom. The molecule has 0 radical (unpaired) electrons. The van der Waals surface area contributed by atoms with Crippen LogP contribution in [0.3, 0.4) is 0 Å². The zero-order chi connectivity index (χ0) is 17.6. The van der Waals surface area contributed by atoms with Gasteiger partial charge >= 0.3 is 0 Å². The predicted molar refractivity (Wildman–Crippen MR) is 93.2 cm³/mol. The highest BCUT2D eigenvalue weighted by Gasteiger charge is 2.21. The summed E-state index contributed by atoms with van der Waals surface area (Å²) >= 11 is 3.30. The Morgan fingerprint density at radius 3 is 2.35 bits per heavy atom. The van der Waals surface area contributed by atoms with Gasteiger partial charge in [0, 0.05) is 16.5 Å². The van der Waals surface area contributed by atoms with E-state index in [0.717, 1.165) is 0 Å². The van der Waals surface area contributed by atoms with Gasteiger partial charge in [-0.15, -0.1) is 0 Å². The van der Waals surface area contributed by atoms with Crippen molar-refractivity contribution in [2.24, 2.45) is 5.41 Å². The zero-order valence-electron chi connectivity index (χ0n) is 13.9. The van der Waals surface area contributed by atoms with Crippen molar-refractivity contribution in [1.82, 2.24) is 10.6 Å². The molecule has 126 valence electrons. The van der Waals surface area contributed by atoms with Crippen LogP contribution in [0.2, 0.25) is 0 Å². The van der Waals surface area contributed by atoms with E-state index in [1.807, 2.05) is 26.8 Å². The van der Waals surface area contributed by atoms with Gasteiger partial charge in [-0.3, -0.25) is 14.4 Å².